The van der Waals surface area contributed by atoms with Crippen molar-refractivity contribution < 1.29 is 103 Å². The number of amides is 4. The first-order valence-corrected chi connectivity index (χ1v) is 18.0. The minimum atomic E-state index is -4.81. The number of halogens is 17. The van der Waals surface area contributed by atoms with Gasteiger partial charge in [-0.05, 0) is 24.3 Å². The van der Waals surface area contributed by atoms with Gasteiger partial charge in [0, 0.05) is 21.1 Å². The Morgan fingerprint density at radius 3 is 1.33 bits per heavy atom. The fourth-order valence-corrected chi connectivity index (χ4v) is 5.56. The molecular weight excluding hydrogens is 967 g/mol. The van der Waals surface area contributed by atoms with Crippen molar-refractivity contribution in [1.29, 1.82) is 0 Å². The SMILES string of the molecule is CN(C(=O)N(C)c1ccc(C(F)(F)F)s1)c1nc(OCC(F)(F)F)cc(OCC(F)(F)F)n1.CN(C(=O)Nc1nc(OCC(F)(F)F)cc(OCC(F)(F)F)n1)c1ccc(C(F)F)s1. The van der Waals surface area contributed by atoms with E-state index in [1.165, 1.54) is 13.1 Å². The highest BCUT2D eigenvalue weighted by Crippen LogP contribution is 2.38. The normalized spacial score (nSPS) is 12.3. The standard InChI is InChI=1S/C16H13F9N4O3S.C15H12F8N4O3S/c1-28(11-4-3-8(33-11)16(23,24)25)13(30)29(2)12-26-9(31-6-14(17,18)19)5-10(27-12)32-7-15(20,21)22;1-27(10-3-2-7(31-10)11(16)17)13(28)26-12-24-8(29-5-14(18,19)20)4-9(25-12)30-6-15(21,22)23/h3-5H,6-7H2,1-2H3;2-4,11H,5-6H2,1H3,(H,24,25,26,28). The van der Waals surface area contributed by atoms with Gasteiger partial charge in [-0.2, -0.15) is 85.8 Å². The molecule has 0 aliphatic rings. The number of aromatic nitrogens is 4. The van der Waals surface area contributed by atoms with Gasteiger partial charge >= 0.3 is 42.9 Å². The smallest absolute Gasteiger partial charge is 0.425 e. The largest absolute Gasteiger partial charge is 0.468 e. The van der Waals surface area contributed by atoms with Crippen LogP contribution in [0.2, 0.25) is 0 Å². The summed E-state index contributed by atoms with van der Waals surface area (Å²) in [6, 6.07) is 3.09. The minimum absolute atomic E-state index is 0.0748. The van der Waals surface area contributed by atoms with Crippen LogP contribution >= 0.6 is 22.7 Å². The summed E-state index contributed by atoms with van der Waals surface area (Å²) in [5.41, 5.74) is 0. The Hall–Kier alpha value is -5.89. The molecule has 0 aromatic carbocycles. The van der Waals surface area contributed by atoms with Gasteiger partial charge in [-0.15, -0.1) is 22.7 Å². The average molecular weight is 993 g/mol. The van der Waals surface area contributed by atoms with Crippen LogP contribution in [-0.4, -0.2) is 104 Å². The van der Waals surface area contributed by atoms with Crippen molar-refractivity contribution in [1.82, 2.24) is 19.9 Å². The fourth-order valence-electron chi connectivity index (χ4n) is 3.91. The van der Waals surface area contributed by atoms with Crippen molar-refractivity contribution in [3.05, 3.63) is 46.2 Å². The van der Waals surface area contributed by atoms with E-state index in [4.69, 9.17) is 0 Å². The van der Waals surface area contributed by atoms with Gasteiger partial charge in [0.15, 0.2) is 26.4 Å². The van der Waals surface area contributed by atoms with Gasteiger partial charge in [0.25, 0.3) is 6.43 Å². The van der Waals surface area contributed by atoms with Crippen molar-refractivity contribution in [2.75, 3.05) is 67.6 Å². The third-order valence-electron chi connectivity index (χ3n) is 6.64. The quantitative estimate of drug-likeness (QED) is 0.129. The van der Waals surface area contributed by atoms with Crippen LogP contribution in [0.5, 0.6) is 23.5 Å². The summed E-state index contributed by atoms with van der Waals surface area (Å²) < 4.78 is 230. The summed E-state index contributed by atoms with van der Waals surface area (Å²) in [6.07, 6.45) is -26.6. The van der Waals surface area contributed by atoms with Gasteiger partial charge in [-0.3, -0.25) is 20.0 Å². The van der Waals surface area contributed by atoms with Crippen molar-refractivity contribution in [2.24, 2.45) is 0 Å². The van der Waals surface area contributed by atoms with E-state index in [2.05, 4.69) is 38.9 Å². The third-order valence-corrected chi connectivity index (χ3v) is 9.01. The molecule has 0 unspecified atom stereocenters. The molecule has 14 nitrogen and oxygen atoms in total. The number of hydrogen-bond donors (Lipinski definition) is 1. The molecule has 0 spiro atoms. The highest BCUT2D eigenvalue weighted by atomic mass is 32.1. The lowest BCUT2D eigenvalue weighted by Gasteiger charge is -2.23. The highest BCUT2D eigenvalue weighted by molar-refractivity contribution is 7.16. The second-order valence-corrected chi connectivity index (χ2v) is 14.0. The lowest BCUT2D eigenvalue weighted by atomic mass is 10.4. The van der Waals surface area contributed by atoms with Crippen molar-refractivity contribution in [2.45, 2.75) is 37.3 Å². The van der Waals surface area contributed by atoms with E-state index in [0.717, 1.165) is 42.1 Å². The molecule has 0 aliphatic carbocycles. The van der Waals surface area contributed by atoms with E-state index >= 15 is 0 Å². The molecule has 1 N–H and O–H groups in total. The molecule has 0 saturated heterocycles. The molecule has 64 heavy (non-hydrogen) atoms. The fraction of sp³-hybridized carbons (Fsp3) is 0.419. The molecule has 0 saturated carbocycles. The summed E-state index contributed by atoms with van der Waals surface area (Å²) in [5, 5.41) is 1.93. The number of ether oxygens (including phenoxy) is 4. The van der Waals surface area contributed by atoms with E-state index < -0.39 is 116 Å². The van der Waals surface area contributed by atoms with E-state index in [9.17, 15) is 84.2 Å². The summed E-state index contributed by atoms with van der Waals surface area (Å²) in [7, 11) is 3.27. The zero-order chi connectivity index (χ0) is 48.6. The molecule has 4 aromatic rings. The molecule has 0 atom stereocenters. The monoisotopic (exact) mass is 992 g/mol. The molecule has 0 radical (unpaired) electrons. The number of nitrogens with one attached hydrogen (secondary N) is 1. The number of carbonyl (C=O) groups is 2. The third kappa shape index (κ3) is 17.7. The van der Waals surface area contributed by atoms with Crippen LogP contribution in [0.1, 0.15) is 16.2 Å². The zero-order valence-electron chi connectivity index (χ0n) is 31.7. The molecule has 0 fully saturated rings. The van der Waals surface area contributed by atoms with Crippen LogP contribution in [-0.2, 0) is 6.18 Å². The second-order valence-electron chi connectivity index (χ2n) is 11.8. The molecule has 33 heteroatoms. The number of rotatable bonds is 13. The molecule has 0 bridgehead atoms. The number of alkyl halides is 17. The van der Waals surface area contributed by atoms with Crippen molar-refractivity contribution >= 4 is 56.6 Å². The summed E-state index contributed by atoms with van der Waals surface area (Å²) in [5.74, 6) is -4.81. The van der Waals surface area contributed by atoms with Crippen LogP contribution in [0.3, 0.4) is 0 Å². The van der Waals surface area contributed by atoms with Gasteiger partial charge < -0.3 is 18.9 Å². The lowest BCUT2D eigenvalue weighted by molar-refractivity contribution is -0.155. The zero-order valence-corrected chi connectivity index (χ0v) is 33.3. The molecule has 356 valence electrons. The topological polar surface area (TPSA) is 144 Å². The van der Waals surface area contributed by atoms with Gasteiger partial charge in [-0.1, -0.05) is 0 Å². The maximum Gasteiger partial charge on any atom is 0.425 e. The summed E-state index contributed by atoms with van der Waals surface area (Å²) >= 11 is 0.821. The number of nitrogens with zero attached hydrogens (tertiary/aromatic N) is 7. The minimum Gasteiger partial charge on any atom is -0.468 e. The first-order chi connectivity index (χ1) is 29.2. The number of urea groups is 2. The second kappa shape index (κ2) is 20.7. The number of anilines is 4. The first kappa shape index (κ1) is 52.5. The van der Waals surface area contributed by atoms with E-state index in [1.54, 1.807) is 0 Å². The predicted molar refractivity (Wildman–Crippen MR) is 188 cm³/mol. The van der Waals surface area contributed by atoms with Crippen LogP contribution in [0, 0.1) is 0 Å². The van der Waals surface area contributed by atoms with Gasteiger partial charge in [0.2, 0.25) is 35.4 Å². The average Bonchev–Trinajstić information content (AvgIpc) is 3.88. The first-order valence-electron chi connectivity index (χ1n) is 16.4. The van der Waals surface area contributed by atoms with Crippen molar-refractivity contribution in [3.8, 4) is 23.5 Å². The van der Waals surface area contributed by atoms with E-state index in [1.807, 2.05) is 5.32 Å². The van der Waals surface area contributed by atoms with E-state index in [-0.39, 0.29) is 26.2 Å². The van der Waals surface area contributed by atoms with Gasteiger partial charge in [0.05, 0.1) is 27.0 Å². The van der Waals surface area contributed by atoms with Crippen LogP contribution in [0.4, 0.5) is 106 Å². The number of thiophene rings is 2. The van der Waals surface area contributed by atoms with Gasteiger partial charge in [0.1, 0.15) is 4.88 Å². The predicted octanol–water partition coefficient (Wildman–Crippen LogP) is 10.2. The Bertz CT molecular complexity index is 2110. The Morgan fingerprint density at radius 1 is 0.578 bits per heavy atom. The Morgan fingerprint density at radius 2 is 0.969 bits per heavy atom. The summed E-state index contributed by atoms with van der Waals surface area (Å²) in [4.78, 5) is 39.7. The molecule has 4 heterocycles. The lowest BCUT2D eigenvalue weighted by Crippen LogP contribution is -2.39. The number of carbonyl (C=O) groups excluding carboxylic acids is 2. The Balaban J connectivity index is 0.000000341. The van der Waals surface area contributed by atoms with Gasteiger partial charge in [-0.25, -0.2) is 18.4 Å². The highest BCUT2D eigenvalue weighted by Gasteiger charge is 2.35. The molecular formula is C31H25F17N8O6S2. The summed E-state index contributed by atoms with van der Waals surface area (Å²) in [6.45, 7) is -7.34. The Kier molecular flexibility index (Phi) is 17.0. The maximum atomic E-state index is 12.8. The van der Waals surface area contributed by atoms with E-state index in [0.29, 0.717) is 28.4 Å². The number of hydrogen-bond acceptors (Lipinski definition) is 12. The molecule has 4 rings (SSSR count). The van der Waals surface area contributed by atoms with Crippen LogP contribution in [0.15, 0.2) is 36.4 Å². The molecule has 4 aromatic heterocycles. The molecule has 4 amide bonds. The van der Waals surface area contributed by atoms with Crippen LogP contribution < -0.4 is 39.0 Å². The van der Waals surface area contributed by atoms with Crippen LogP contribution in [0.25, 0.3) is 0 Å². The molecule has 0 aliphatic heterocycles. The van der Waals surface area contributed by atoms with Crippen molar-refractivity contribution in [3.63, 3.8) is 0 Å². The maximum absolute atomic E-state index is 12.8. The Labute approximate surface area is 354 Å².